The Kier molecular flexibility index (Phi) is 3.78. The highest BCUT2D eigenvalue weighted by molar-refractivity contribution is 5.85. The molecule has 4 nitrogen and oxygen atoms in total. The zero-order chi connectivity index (χ0) is 21.0. The second-order valence-corrected chi connectivity index (χ2v) is 8.15. The molecule has 0 fully saturated rings. The van der Waals surface area contributed by atoms with E-state index in [9.17, 15) is 0 Å². The fourth-order valence-electron chi connectivity index (χ4n) is 5.10. The lowest BCUT2D eigenvalue weighted by atomic mass is 9.70. The summed E-state index contributed by atoms with van der Waals surface area (Å²) in [5.41, 5.74) is 10.2. The molecule has 4 heteroatoms. The van der Waals surface area contributed by atoms with Gasteiger partial charge in [-0.05, 0) is 59.9 Å². The Morgan fingerprint density at radius 2 is 1.52 bits per heavy atom. The molecular weight excluding hydrogens is 380 g/mol. The normalized spacial score (nSPS) is 13.7. The van der Waals surface area contributed by atoms with Gasteiger partial charge in [-0.3, -0.25) is 5.10 Å². The number of aromatic nitrogens is 4. The maximum Gasteiger partial charge on any atom is 0.0997 e. The third-order valence-electron chi connectivity index (χ3n) is 6.67. The first-order chi connectivity index (χ1) is 15.2. The second kappa shape index (κ2) is 6.54. The summed E-state index contributed by atoms with van der Waals surface area (Å²) >= 11 is 0. The molecule has 3 aromatic carbocycles. The van der Waals surface area contributed by atoms with E-state index >= 15 is 0 Å². The first-order valence-electron chi connectivity index (χ1n) is 10.5. The Labute approximate surface area is 181 Å². The van der Waals surface area contributed by atoms with Crippen LogP contribution >= 0.6 is 0 Å². The summed E-state index contributed by atoms with van der Waals surface area (Å²) in [7, 11) is 0. The van der Waals surface area contributed by atoms with Crippen molar-refractivity contribution >= 4 is 0 Å². The molecular formula is C27H22N4. The van der Waals surface area contributed by atoms with Gasteiger partial charge < -0.3 is 4.57 Å². The smallest absolute Gasteiger partial charge is 0.0997 e. The SMILES string of the molecule is Cc1ncn(-c2cccc(C3(c4ccn[nH]4)c4ccccc4-c4ccccc43)c2)c1C. The molecule has 2 aromatic heterocycles. The maximum absolute atomic E-state index is 4.51. The summed E-state index contributed by atoms with van der Waals surface area (Å²) in [5, 5.41) is 7.65. The highest BCUT2D eigenvalue weighted by atomic mass is 15.1. The molecule has 1 aliphatic carbocycles. The topological polar surface area (TPSA) is 46.5 Å². The zero-order valence-electron chi connectivity index (χ0n) is 17.5. The van der Waals surface area contributed by atoms with E-state index in [1.54, 1.807) is 0 Å². The number of benzene rings is 3. The van der Waals surface area contributed by atoms with Crippen LogP contribution in [0.4, 0.5) is 0 Å². The number of H-pyrrole nitrogens is 1. The van der Waals surface area contributed by atoms with Crippen LogP contribution in [0.5, 0.6) is 0 Å². The molecule has 0 amide bonds. The Bertz CT molecular complexity index is 1360. The van der Waals surface area contributed by atoms with Gasteiger partial charge in [0.15, 0.2) is 0 Å². The summed E-state index contributed by atoms with van der Waals surface area (Å²) < 4.78 is 2.16. The number of nitrogens with one attached hydrogen (secondary N) is 1. The number of nitrogens with zero attached hydrogens (tertiary/aromatic N) is 3. The van der Waals surface area contributed by atoms with Gasteiger partial charge in [-0.15, -0.1) is 0 Å². The molecule has 0 atom stereocenters. The lowest BCUT2D eigenvalue weighted by molar-refractivity contribution is 0.726. The minimum atomic E-state index is -0.455. The largest absolute Gasteiger partial charge is 0.303 e. The minimum Gasteiger partial charge on any atom is -0.303 e. The summed E-state index contributed by atoms with van der Waals surface area (Å²) in [5.74, 6) is 0. The number of hydrogen-bond acceptors (Lipinski definition) is 2. The average Bonchev–Trinajstić information content (AvgIpc) is 3.52. The average molecular weight is 403 g/mol. The van der Waals surface area contributed by atoms with Crippen LogP contribution in [0.2, 0.25) is 0 Å². The molecule has 0 radical (unpaired) electrons. The maximum atomic E-state index is 4.51. The van der Waals surface area contributed by atoms with Gasteiger partial charge >= 0.3 is 0 Å². The summed E-state index contributed by atoms with van der Waals surface area (Å²) in [4.78, 5) is 4.51. The number of hydrogen-bond donors (Lipinski definition) is 1. The predicted octanol–water partition coefficient (Wildman–Crippen LogP) is 5.58. The Hall–Kier alpha value is -3.92. The summed E-state index contributed by atoms with van der Waals surface area (Å²) in [6.45, 7) is 4.16. The van der Waals surface area contributed by atoms with Gasteiger partial charge in [-0.25, -0.2) is 4.98 Å². The van der Waals surface area contributed by atoms with Crippen LogP contribution in [0.15, 0.2) is 91.4 Å². The van der Waals surface area contributed by atoms with Crippen molar-refractivity contribution in [1.29, 1.82) is 0 Å². The van der Waals surface area contributed by atoms with Crippen molar-refractivity contribution in [3.8, 4) is 16.8 Å². The van der Waals surface area contributed by atoms with Crippen LogP contribution < -0.4 is 0 Å². The van der Waals surface area contributed by atoms with E-state index in [4.69, 9.17) is 0 Å². The molecule has 0 spiro atoms. The molecule has 1 aliphatic rings. The van der Waals surface area contributed by atoms with Crippen molar-refractivity contribution < 1.29 is 0 Å². The Morgan fingerprint density at radius 1 is 0.806 bits per heavy atom. The first-order valence-corrected chi connectivity index (χ1v) is 10.5. The number of aryl methyl sites for hydroxylation is 1. The molecule has 0 saturated heterocycles. The van der Waals surface area contributed by atoms with Gasteiger partial charge in [-0.1, -0.05) is 60.7 Å². The minimum absolute atomic E-state index is 0.455. The van der Waals surface area contributed by atoms with Crippen molar-refractivity contribution in [2.75, 3.05) is 0 Å². The van der Waals surface area contributed by atoms with Gasteiger partial charge in [0.1, 0.15) is 0 Å². The fourth-order valence-corrected chi connectivity index (χ4v) is 5.10. The quantitative estimate of drug-likeness (QED) is 0.420. The van der Waals surface area contributed by atoms with Crippen molar-refractivity contribution in [3.63, 3.8) is 0 Å². The van der Waals surface area contributed by atoms with Gasteiger partial charge in [0.05, 0.1) is 23.1 Å². The lowest BCUT2D eigenvalue weighted by Gasteiger charge is -2.32. The number of imidazole rings is 1. The van der Waals surface area contributed by atoms with E-state index in [0.29, 0.717) is 0 Å². The number of rotatable bonds is 3. The van der Waals surface area contributed by atoms with E-state index in [1.807, 2.05) is 19.4 Å². The summed E-state index contributed by atoms with van der Waals surface area (Å²) in [6, 6.07) is 28.3. The summed E-state index contributed by atoms with van der Waals surface area (Å²) in [6.07, 6.45) is 3.75. The molecule has 0 bridgehead atoms. The van der Waals surface area contributed by atoms with Crippen LogP contribution in [0.25, 0.3) is 16.8 Å². The fraction of sp³-hybridized carbons (Fsp3) is 0.111. The lowest BCUT2D eigenvalue weighted by Crippen LogP contribution is -2.29. The number of aromatic amines is 1. The van der Waals surface area contributed by atoms with E-state index in [0.717, 1.165) is 22.8 Å². The molecule has 1 N–H and O–H groups in total. The third-order valence-corrected chi connectivity index (χ3v) is 6.67. The van der Waals surface area contributed by atoms with Gasteiger partial charge in [0.2, 0.25) is 0 Å². The van der Waals surface area contributed by atoms with E-state index < -0.39 is 5.41 Å². The molecule has 150 valence electrons. The molecule has 6 rings (SSSR count). The first kappa shape index (κ1) is 17.9. The van der Waals surface area contributed by atoms with Crippen molar-refractivity contribution in [1.82, 2.24) is 19.7 Å². The third kappa shape index (κ3) is 2.36. The van der Waals surface area contributed by atoms with Crippen LogP contribution in [0, 0.1) is 13.8 Å². The molecule has 5 aromatic rings. The highest BCUT2D eigenvalue weighted by Crippen LogP contribution is 2.55. The Morgan fingerprint density at radius 3 is 2.13 bits per heavy atom. The zero-order valence-corrected chi connectivity index (χ0v) is 17.5. The van der Waals surface area contributed by atoms with Crippen molar-refractivity contribution in [2.24, 2.45) is 0 Å². The van der Waals surface area contributed by atoms with Gasteiger partial charge in [0, 0.05) is 17.6 Å². The molecule has 0 unspecified atom stereocenters. The predicted molar refractivity (Wildman–Crippen MR) is 122 cm³/mol. The van der Waals surface area contributed by atoms with Gasteiger partial charge in [-0.2, -0.15) is 5.10 Å². The molecule has 0 aliphatic heterocycles. The monoisotopic (exact) mass is 402 g/mol. The van der Waals surface area contributed by atoms with E-state index in [-0.39, 0.29) is 0 Å². The van der Waals surface area contributed by atoms with Crippen molar-refractivity contribution in [2.45, 2.75) is 19.3 Å². The molecule has 0 saturated carbocycles. The molecule has 31 heavy (non-hydrogen) atoms. The number of fused-ring (bicyclic) bond motifs is 3. The second-order valence-electron chi connectivity index (χ2n) is 8.15. The van der Waals surface area contributed by atoms with Crippen LogP contribution in [-0.2, 0) is 5.41 Å². The standard InChI is InChI=1S/C27H22N4/c1-18-19(2)31(17-28-18)21-9-7-8-20(16-21)27(26-14-15-29-30-26)24-12-5-3-10-22(24)23-11-4-6-13-25(23)27/h3-17H,1-2H3,(H,29,30). The van der Waals surface area contributed by atoms with Crippen molar-refractivity contribution in [3.05, 3.63) is 125 Å². The van der Waals surface area contributed by atoms with Crippen LogP contribution in [0.3, 0.4) is 0 Å². The van der Waals surface area contributed by atoms with Crippen LogP contribution in [-0.4, -0.2) is 19.7 Å². The van der Waals surface area contributed by atoms with E-state index in [1.165, 1.54) is 27.8 Å². The van der Waals surface area contributed by atoms with Crippen LogP contribution in [0.1, 0.15) is 33.8 Å². The van der Waals surface area contributed by atoms with E-state index in [2.05, 4.69) is 106 Å². The molecule has 2 heterocycles. The van der Waals surface area contributed by atoms with Gasteiger partial charge in [0.25, 0.3) is 0 Å². The highest BCUT2D eigenvalue weighted by Gasteiger charge is 2.47. The Balaban J connectivity index is 1.70.